The van der Waals surface area contributed by atoms with E-state index in [0.29, 0.717) is 37.3 Å². The Bertz CT molecular complexity index is 1760. The number of primary amides is 1. The number of aromatic nitrogens is 1. The molecule has 1 saturated heterocycles. The molecule has 5 rings (SSSR count). The van der Waals surface area contributed by atoms with Gasteiger partial charge in [-0.2, -0.15) is 4.31 Å². The van der Waals surface area contributed by atoms with E-state index < -0.39 is 53.0 Å². The molecule has 0 spiro atoms. The molecule has 1 fully saturated rings. The van der Waals surface area contributed by atoms with Crippen LogP contribution in [0.15, 0.2) is 58.9 Å². The maximum atomic E-state index is 13.4. The fourth-order valence-electron chi connectivity index (χ4n) is 4.66. The highest BCUT2D eigenvalue weighted by molar-refractivity contribution is 7.91. The van der Waals surface area contributed by atoms with Crippen molar-refractivity contribution in [3.05, 3.63) is 65.3 Å². The molecular weight excluding hydrogens is 566 g/mol. The van der Waals surface area contributed by atoms with E-state index in [0.717, 1.165) is 20.5 Å². The molecule has 0 saturated carbocycles. The Morgan fingerprint density at radius 2 is 1.95 bits per heavy atom. The number of sulfonamides is 1. The number of piperazine rings is 1. The number of hydrogen-bond donors (Lipinski definition) is 3. The Morgan fingerprint density at radius 1 is 1.18 bits per heavy atom. The lowest BCUT2D eigenvalue weighted by molar-refractivity contribution is -0.158. The van der Waals surface area contributed by atoms with Crippen molar-refractivity contribution in [1.82, 2.24) is 14.2 Å². The largest absolute Gasteiger partial charge is 0.480 e. The van der Waals surface area contributed by atoms with E-state index in [-0.39, 0.29) is 10.6 Å². The third-order valence-electron chi connectivity index (χ3n) is 6.58. The number of rotatable bonds is 7. The van der Waals surface area contributed by atoms with Gasteiger partial charge in [0.25, 0.3) is 10.0 Å². The highest BCUT2D eigenvalue weighted by atomic mass is 35.5. The molecule has 0 radical (unpaired) electrons. The van der Waals surface area contributed by atoms with Crippen molar-refractivity contribution in [3.8, 4) is 0 Å². The first-order valence-corrected chi connectivity index (χ1v) is 14.2. The van der Waals surface area contributed by atoms with Gasteiger partial charge in [-0.15, -0.1) is 11.3 Å². The SMILES string of the molecule is NC(=O)C(Cc1ccc2c(N)ccnc2c1)N1C(=O)CN(S(=O)(=O)c2cc3ccc(Cl)cc3s2)CC1C(=O)O. The first-order valence-electron chi connectivity index (χ1n) is 11.6. The lowest BCUT2D eigenvalue weighted by atomic mass is 9.99. The first kappa shape index (κ1) is 26.8. The Kier molecular flexibility index (Phi) is 6.93. The molecule has 2 aromatic carbocycles. The molecule has 0 bridgehead atoms. The van der Waals surface area contributed by atoms with Gasteiger partial charge < -0.3 is 21.5 Å². The summed E-state index contributed by atoms with van der Waals surface area (Å²) in [6.07, 6.45) is 1.43. The zero-order valence-corrected chi connectivity index (χ0v) is 22.5. The van der Waals surface area contributed by atoms with Crippen LogP contribution >= 0.6 is 22.9 Å². The Labute approximate surface area is 231 Å². The van der Waals surface area contributed by atoms with Crippen LogP contribution in [0.1, 0.15) is 5.56 Å². The molecule has 1 aliphatic heterocycles. The topological polar surface area (TPSA) is 177 Å². The molecule has 5 N–H and O–H groups in total. The Morgan fingerprint density at radius 3 is 2.67 bits per heavy atom. The smallest absolute Gasteiger partial charge is 0.327 e. The van der Waals surface area contributed by atoms with Gasteiger partial charge in [-0.3, -0.25) is 14.6 Å². The molecule has 39 heavy (non-hydrogen) atoms. The Balaban J connectivity index is 1.45. The second-order valence-corrected chi connectivity index (χ2v) is 12.8. The normalized spacial score (nSPS) is 17.5. The summed E-state index contributed by atoms with van der Waals surface area (Å²) in [6, 6.07) is 10.1. The summed E-state index contributed by atoms with van der Waals surface area (Å²) in [7, 11) is -4.23. The monoisotopic (exact) mass is 587 g/mol. The number of carbonyl (C=O) groups is 3. The van der Waals surface area contributed by atoms with Gasteiger partial charge >= 0.3 is 5.97 Å². The predicted octanol–water partition coefficient (Wildman–Crippen LogP) is 2.07. The zero-order valence-electron chi connectivity index (χ0n) is 20.2. The van der Waals surface area contributed by atoms with Crippen LogP contribution < -0.4 is 11.5 Å². The lowest BCUT2D eigenvalue weighted by Gasteiger charge is -2.41. The van der Waals surface area contributed by atoms with E-state index in [1.54, 1.807) is 42.5 Å². The second-order valence-electron chi connectivity index (χ2n) is 9.07. The molecule has 4 aromatic rings. The lowest BCUT2D eigenvalue weighted by Crippen LogP contribution is -2.65. The van der Waals surface area contributed by atoms with Gasteiger partial charge in [-0.05, 0) is 41.3 Å². The standard InChI is InChI=1S/C25H22ClN5O6S2/c26-15-3-2-14-9-23(38-21(14)10-15)39(36,37)30-11-20(25(34)35)31(22(32)12-30)19(24(28)33)8-13-1-4-16-17(27)5-6-29-18(16)7-13/h1-7,9-10,19-20H,8,11-12H2,(H2,27,29)(H2,28,33)(H,34,35). The van der Waals surface area contributed by atoms with Crippen molar-refractivity contribution < 1.29 is 27.9 Å². The molecule has 11 nitrogen and oxygen atoms in total. The maximum Gasteiger partial charge on any atom is 0.327 e. The summed E-state index contributed by atoms with van der Waals surface area (Å²) in [6.45, 7) is -1.21. The van der Waals surface area contributed by atoms with E-state index in [4.69, 9.17) is 23.1 Å². The van der Waals surface area contributed by atoms with E-state index in [1.165, 1.54) is 12.3 Å². The number of carboxylic acid groups (broad SMARTS) is 1. The summed E-state index contributed by atoms with van der Waals surface area (Å²) >= 11 is 6.98. The van der Waals surface area contributed by atoms with Crippen molar-refractivity contribution in [2.45, 2.75) is 22.7 Å². The van der Waals surface area contributed by atoms with Gasteiger partial charge in [0, 0.05) is 40.0 Å². The summed E-state index contributed by atoms with van der Waals surface area (Å²) in [4.78, 5) is 43.3. The number of hydrogen-bond acceptors (Lipinski definition) is 8. The molecular formula is C25H22ClN5O6S2. The van der Waals surface area contributed by atoms with Crippen molar-refractivity contribution >= 4 is 77.4 Å². The predicted molar refractivity (Wildman–Crippen MR) is 147 cm³/mol. The number of pyridine rings is 1. The van der Waals surface area contributed by atoms with Crippen molar-refractivity contribution in [2.75, 3.05) is 18.8 Å². The number of benzene rings is 2. The van der Waals surface area contributed by atoms with Crippen molar-refractivity contribution in [1.29, 1.82) is 0 Å². The number of nitrogen functional groups attached to an aromatic ring is 1. The van der Waals surface area contributed by atoms with Gasteiger partial charge in [0.15, 0.2) is 0 Å². The minimum atomic E-state index is -4.23. The van der Waals surface area contributed by atoms with Gasteiger partial charge in [0.2, 0.25) is 11.8 Å². The molecule has 2 amide bonds. The number of nitrogens with two attached hydrogens (primary N) is 2. The van der Waals surface area contributed by atoms with E-state index in [2.05, 4.69) is 4.98 Å². The van der Waals surface area contributed by atoms with Crippen LogP contribution in [0, 0.1) is 0 Å². The van der Waals surface area contributed by atoms with Gasteiger partial charge in [-0.25, -0.2) is 13.2 Å². The molecule has 2 unspecified atom stereocenters. The highest BCUT2D eigenvalue weighted by Gasteiger charge is 2.46. The zero-order chi connectivity index (χ0) is 28.1. The number of nitrogens with zero attached hydrogens (tertiary/aromatic N) is 3. The minimum absolute atomic E-state index is 0.0560. The molecule has 14 heteroatoms. The Hall–Kier alpha value is -3.78. The minimum Gasteiger partial charge on any atom is -0.480 e. The van der Waals surface area contributed by atoms with E-state index >= 15 is 0 Å². The molecule has 1 aliphatic rings. The van der Waals surface area contributed by atoms with Gasteiger partial charge in [0.1, 0.15) is 16.3 Å². The van der Waals surface area contributed by atoms with Crippen LogP contribution in [-0.2, 0) is 30.8 Å². The third-order valence-corrected chi connectivity index (χ3v) is 10.2. The molecule has 3 heterocycles. The summed E-state index contributed by atoms with van der Waals surface area (Å²) in [5.74, 6) is -3.24. The summed E-state index contributed by atoms with van der Waals surface area (Å²) in [5, 5.41) is 11.8. The highest BCUT2D eigenvalue weighted by Crippen LogP contribution is 2.34. The van der Waals surface area contributed by atoms with E-state index in [9.17, 15) is 27.9 Å². The average Bonchev–Trinajstić information content (AvgIpc) is 3.31. The number of thiophene rings is 1. The fraction of sp³-hybridized carbons (Fsp3) is 0.200. The summed E-state index contributed by atoms with van der Waals surface area (Å²) in [5.41, 5.74) is 13.2. The number of carboxylic acids is 1. The average molecular weight is 588 g/mol. The van der Waals surface area contributed by atoms with Gasteiger partial charge in [0.05, 0.1) is 12.1 Å². The number of carbonyl (C=O) groups excluding carboxylic acids is 2. The van der Waals surface area contributed by atoms with Crippen molar-refractivity contribution in [3.63, 3.8) is 0 Å². The summed E-state index contributed by atoms with van der Waals surface area (Å²) < 4.78 is 28.3. The number of amides is 2. The quantitative estimate of drug-likeness (QED) is 0.294. The molecule has 202 valence electrons. The van der Waals surface area contributed by atoms with Gasteiger partial charge in [-0.1, -0.05) is 29.8 Å². The van der Waals surface area contributed by atoms with Crippen LogP contribution in [0.4, 0.5) is 5.69 Å². The molecule has 0 aliphatic carbocycles. The van der Waals surface area contributed by atoms with Crippen molar-refractivity contribution in [2.24, 2.45) is 5.73 Å². The molecule has 2 aromatic heterocycles. The number of anilines is 1. The van der Waals surface area contributed by atoms with E-state index in [1.807, 2.05) is 0 Å². The number of halogens is 1. The fourth-order valence-corrected chi connectivity index (χ4v) is 7.89. The third kappa shape index (κ3) is 5.01. The van der Waals surface area contributed by atoms with Crippen LogP contribution in [0.3, 0.4) is 0 Å². The van der Waals surface area contributed by atoms with Crippen LogP contribution in [-0.4, -0.2) is 70.7 Å². The first-order chi connectivity index (χ1) is 18.5. The van der Waals surface area contributed by atoms with Crippen LogP contribution in [0.25, 0.3) is 21.0 Å². The van der Waals surface area contributed by atoms with Crippen LogP contribution in [0.2, 0.25) is 5.02 Å². The number of aliphatic carboxylic acids is 1. The second kappa shape index (κ2) is 10.1. The molecule has 2 atom stereocenters. The number of fused-ring (bicyclic) bond motifs is 2. The van der Waals surface area contributed by atoms with Crippen LogP contribution in [0.5, 0.6) is 0 Å². The maximum absolute atomic E-state index is 13.4.